The van der Waals surface area contributed by atoms with Crippen LogP contribution in [0.2, 0.25) is 0 Å². The standard InChI is InChI=1S/C13H16BrN3O3/c1-13(2)11(19)17(12(20)16-13)7-10(18)15-9-5-3-8(14)4-6-9/h3-6,10,15,18H,7H2,1-2H3,(H,16,20). The molecule has 1 aromatic carbocycles. The van der Waals surface area contributed by atoms with Crippen molar-refractivity contribution in [2.24, 2.45) is 0 Å². The quantitative estimate of drug-likeness (QED) is 0.572. The molecule has 1 unspecified atom stereocenters. The highest BCUT2D eigenvalue weighted by atomic mass is 79.9. The molecule has 3 amide bonds. The van der Waals surface area contributed by atoms with Gasteiger partial charge in [0.15, 0.2) is 0 Å². The Morgan fingerprint density at radius 1 is 1.35 bits per heavy atom. The Hall–Kier alpha value is -1.60. The van der Waals surface area contributed by atoms with Crippen molar-refractivity contribution in [3.63, 3.8) is 0 Å². The Balaban J connectivity index is 1.98. The first kappa shape index (κ1) is 14.8. The second-order valence-electron chi connectivity index (χ2n) is 5.14. The maximum atomic E-state index is 12.0. The van der Waals surface area contributed by atoms with E-state index in [9.17, 15) is 14.7 Å². The molecule has 0 saturated carbocycles. The number of hydrogen-bond donors (Lipinski definition) is 3. The fourth-order valence-electron chi connectivity index (χ4n) is 1.94. The minimum atomic E-state index is -1.03. The third-order valence-electron chi connectivity index (χ3n) is 2.98. The van der Waals surface area contributed by atoms with Gasteiger partial charge >= 0.3 is 6.03 Å². The number of amides is 3. The second kappa shape index (κ2) is 5.41. The van der Waals surface area contributed by atoms with Crippen LogP contribution in [0.25, 0.3) is 0 Å². The summed E-state index contributed by atoms with van der Waals surface area (Å²) in [6, 6.07) is 6.72. The van der Waals surface area contributed by atoms with Crippen molar-refractivity contribution in [1.29, 1.82) is 0 Å². The fourth-order valence-corrected chi connectivity index (χ4v) is 2.21. The molecule has 1 aliphatic heterocycles. The molecular formula is C13H16BrN3O3. The predicted molar refractivity (Wildman–Crippen MR) is 78.1 cm³/mol. The number of nitrogens with one attached hydrogen (secondary N) is 2. The molecule has 1 aromatic rings. The molecule has 1 aliphatic rings. The number of hydrogen-bond acceptors (Lipinski definition) is 4. The average Bonchev–Trinajstić information content (AvgIpc) is 2.55. The van der Waals surface area contributed by atoms with E-state index in [-0.39, 0.29) is 12.5 Å². The van der Waals surface area contributed by atoms with Crippen molar-refractivity contribution in [1.82, 2.24) is 10.2 Å². The first-order valence-electron chi connectivity index (χ1n) is 6.14. The van der Waals surface area contributed by atoms with Gasteiger partial charge in [0.25, 0.3) is 5.91 Å². The first-order valence-corrected chi connectivity index (χ1v) is 6.93. The summed E-state index contributed by atoms with van der Waals surface area (Å²) in [4.78, 5) is 24.7. The average molecular weight is 342 g/mol. The van der Waals surface area contributed by atoms with Gasteiger partial charge < -0.3 is 15.7 Å². The molecule has 0 aromatic heterocycles. The van der Waals surface area contributed by atoms with Gasteiger partial charge in [-0.15, -0.1) is 0 Å². The number of benzene rings is 1. The molecule has 6 nitrogen and oxygen atoms in total. The summed E-state index contributed by atoms with van der Waals surface area (Å²) in [7, 11) is 0. The molecule has 1 heterocycles. The lowest BCUT2D eigenvalue weighted by Crippen LogP contribution is -2.43. The maximum absolute atomic E-state index is 12.0. The Kier molecular flexibility index (Phi) is 4.01. The molecule has 0 bridgehead atoms. The van der Waals surface area contributed by atoms with Crippen LogP contribution in [0.5, 0.6) is 0 Å². The van der Waals surface area contributed by atoms with Crippen LogP contribution < -0.4 is 10.6 Å². The number of carbonyl (C=O) groups is 2. The molecular weight excluding hydrogens is 326 g/mol. The number of anilines is 1. The summed E-state index contributed by atoms with van der Waals surface area (Å²) in [5.74, 6) is -0.348. The summed E-state index contributed by atoms with van der Waals surface area (Å²) in [6.07, 6.45) is -1.03. The van der Waals surface area contributed by atoms with Crippen LogP contribution in [0.15, 0.2) is 28.7 Å². The number of halogens is 1. The monoisotopic (exact) mass is 341 g/mol. The lowest BCUT2D eigenvalue weighted by atomic mass is 10.1. The van der Waals surface area contributed by atoms with E-state index in [1.807, 2.05) is 12.1 Å². The molecule has 1 fully saturated rings. The van der Waals surface area contributed by atoms with Crippen molar-refractivity contribution >= 4 is 33.6 Å². The van der Waals surface area contributed by atoms with E-state index in [1.165, 1.54) is 0 Å². The number of β-amino-alcohol motifs (C(OH)–C–C–N with tert-alkyl or cyclic N) is 1. The van der Waals surface area contributed by atoms with Crippen molar-refractivity contribution < 1.29 is 14.7 Å². The highest BCUT2D eigenvalue weighted by Gasteiger charge is 2.44. The SMILES string of the molecule is CC1(C)NC(=O)N(CC(O)Nc2ccc(Br)cc2)C1=O. The minimum Gasteiger partial charge on any atom is -0.372 e. The molecule has 1 atom stereocenters. The fraction of sp³-hybridized carbons (Fsp3) is 0.385. The summed E-state index contributed by atoms with van der Waals surface area (Å²) in [5, 5.41) is 15.3. The highest BCUT2D eigenvalue weighted by Crippen LogP contribution is 2.18. The van der Waals surface area contributed by atoms with Crippen LogP contribution in [0.3, 0.4) is 0 Å². The van der Waals surface area contributed by atoms with E-state index in [0.717, 1.165) is 9.37 Å². The van der Waals surface area contributed by atoms with Gasteiger partial charge in [-0.05, 0) is 38.1 Å². The van der Waals surface area contributed by atoms with E-state index in [1.54, 1.807) is 26.0 Å². The summed E-state index contributed by atoms with van der Waals surface area (Å²) < 4.78 is 0.924. The smallest absolute Gasteiger partial charge is 0.325 e. The van der Waals surface area contributed by atoms with Gasteiger partial charge in [-0.1, -0.05) is 15.9 Å². The molecule has 2 rings (SSSR count). The van der Waals surface area contributed by atoms with Gasteiger partial charge in [-0.2, -0.15) is 0 Å². The van der Waals surface area contributed by atoms with Crippen LogP contribution in [0.4, 0.5) is 10.5 Å². The summed E-state index contributed by atoms with van der Waals surface area (Å²) in [6.45, 7) is 3.15. The van der Waals surface area contributed by atoms with E-state index in [2.05, 4.69) is 26.6 Å². The van der Waals surface area contributed by atoms with Crippen LogP contribution in [0.1, 0.15) is 13.8 Å². The third-order valence-corrected chi connectivity index (χ3v) is 3.51. The van der Waals surface area contributed by atoms with Gasteiger partial charge in [0.2, 0.25) is 0 Å². The van der Waals surface area contributed by atoms with E-state index in [4.69, 9.17) is 0 Å². The van der Waals surface area contributed by atoms with Crippen LogP contribution in [-0.4, -0.2) is 40.3 Å². The molecule has 20 heavy (non-hydrogen) atoms. The zero-order valence-corrected chi connectivity index (χ0v) is 12.8. The number of rotatable bonds is 4. The number of urea groups is 1. The third kappa shape index (κ3) is 3.10. The zero-order valence-electron chi connectivity index (χ0n) is 11.2. The van der Waals surface area contributed by atoms with Crippen molar-refractivity contribution in [3.8, 4) is 0 Å². The van der Waals surface area contributed by atoms with Crippen LogP contribution >= 0.6 is 15.9 Å². The van der Waals surface area contributed by atoms with Gasteiger partial charge in [0.05, 0.1) is 6.54 Å². The Bertz CT molecular complexity index is 530. The molecule has 108 valence electrons. The lowest BCUT2D eigenvalue weighted by Gasteiger charge is -2.20. The van der Waals surface area contributed by atoms with E-state index in [0.29, 0.717) is 5.69 Å². The van der Waals surface area contributed by atoms with Gasteiger partial charge in [0.1, 0.15) is 11.8 Å². The number of aliphatic hydroxyl groups excluding tert-OH is 1. The molecule has 1 saturated heterocycles. The van der Waals surface area contributed by atoms with Crippen LogP contribution in [-0.2, 0) is 4.79 Å². The van der Waals surface area contributed by atoms with Gasteiger partial charge in [-0.25, -0.2) is 4.79 Å². The second-order valence-corrected chi connectivity index (χ2v) is 6.05. The van der Waals surface area contributed by atoms with Crippen molar-refractivity contribution in [3.05, 3.63) is 28.7 Å². The zero-order chi connectivity index (χ0) is 14.9. The largest absolute Gasteiger partial charge is 0.372 e. The Morgan fingerprint density at radius 2 is 1.95 bits per heavy atom. The van der Waals surface area contributed by atoms with Crippen LogP contribution in [0, 0.1) is 0 Å². The molecule has 7 heteroatoms. The lowest BCUT2D eigenvalue weighted by molar-refractivity contribution is -0.131. The Morgan fingerprint density at radius 3 is 2.45 bits per heavy atom. The predicted octanol–water partition coefficient (Wildman–Crippen LogP) is 1.51. The van der Waals surface area contributed by atoms with Crippen molar-refractivity contribution in [2.75, 3.05) is 11.9 Å². The number of imide groups is 1. The highest BCUT2D eigenvalue weighted by molar-refractivity contribution is 9.10. The molecule has 3 N–H and O–H groups in total. The van der Waals surface area contributed by atoms with Gasteiger partial charge in [-0.3, -0.25) is 9.69 Å². The maximum Gasteiger partial charge on any atom is 0.325 e. The number of aliphatic hydroxyl groups is 1. The van der Waals surface area contributed by atoms with E-state index < -0.39 is 17.8 Å². The van der Waals surface area contributed by atoms with Gasteiger partial charge in [0, 0.05) is 10.2 Å². The summed E-state index contributed by atoms with van der Waals surface area (Å²) in [5.41, 5.74) is -0.221. The van der Waals surface area contributed by atoms with E-state index >= 15 is 0 Å². The Labute approximate surface area is 125 Å². The normalized spacial score (nSPS) is 18.9. The minimum absolute atomic E-state index is 0.107. The number of nitrogens with zero attached hydrogens (tertiary/aromatic N) is 1. The molecule has 0 aliphatic carbocycles. The summed E-state index contributed by atoms with van der Waals surface area (Å²) >= 11 is 3.31. The first-order chi connectivity index (χ1) is 9.29. The topological polar surface area (TPSA) is 81.7 Å². The molecule has 0 spiro atoms. The number of carbonyl (C=O) groups excluding carboxylic acids is 2. The van der Waals surface area contributed by atoms with Crippen molar-refractivity contribution in [2.45, 2.75) is 25.6 Å². The molecule has 0 radical (unpaired) electrons.